The van der Waals surface area contributed by atoms with Crippen LogP contribution < -0.4 is 10.2 Å². The summed E-state index contributed by atoms with van der Waals surface area (Å²) in [5.41, 5.74) is 4.56. The van der Waals surface area contributed by atoms with Gasteiger partial charge in [0.1, 0.15) is 5.75 Å². The summed E-state index contributed by atoms with van der Waals surface area (Å²) in [4.78, 5) is 11.9. The lowest BCUT2D eigenvalue weighted by atomic mass is 9.85. The van der Waals surface area contributed by atoms with E-state index >= 15 is 0 Å². The van der Waals surface area contributed by atoms with Crippen molar-refractivity contribution in [3.63, 3.8) is 0 Å². The fraction of sp³-hybridized carbons (Fsp3) is 0.267. The summed E-state index contributed by atoms with van der Waals surface area (Å²) in [6.45, 7) is 0. The van der Waals surface area contributed by atoms with Crippen LogP contribution in [0.2, 0.25) is 0 Å². The molecule has 0 spiro atoms. The fourth-order valence-electron chi connectivity index (χ4n) is 2.73. The van der Waals surface area contributed by atoms with Gasteiger partial charge < -0.3 is 4.74 Å². The van der Waals surface area contributed by atoms with E-state index in [4.69, 9.17) is 4.74 Å². The minimum absolute atomic E-state index is 0.159. The summed E-state index contributed by atoms with van der Waals surface area (Å²) in [5.74, 6) is 0.895. The molecule has 0 unspecified atom stereocenters. The predicted octanol–water partition coefficient (Wildman–Crippen LogP) is 2.65. The average Bonchev–Trinajstić information content (AvgIpc) is 2.54. The second-order valence-electron chi connectivity index (χ2n) is 4.43. The minimum Gasteiger partial charge on any atom is -0.496 e. The van der Waals surface area contributed by atoms with Gasteiger partial charge in [0, 0.05) is 11.1 Å². The summed E-state index contributed by atoms with van der Waals surface area (Å²) in [6, 6.07) is 9.61. The lowest BCUT2D eigenvalue weighted by Crippen LogP contribution is -2.15. The molecule has 86 valence electrons. The van der Waals surface area contributed by atoms with E-state index < -0.39 is 0 Å². The first-order valence-electron chi connectivity index (χ1n) is 5.93. The third-order valence-electron chi connectivity index (χ3n) is 3.50. The normalized spacial score (nSPS) is 13.7. The summed E-state index contributed by atoms with van der Waals surface area (Å²) in [6.07, 6.45) is 2.91. The van der Waals surface area contributed by atoms with Crippen LogP contribution in [0, 0.1) is 0 Å². The van der Waals surface area contributed by atoms with Crippen molar-refractivity contribution in [3.8, 4) is 16.9 Å². The first-order valence-corrected chi connectivity index (χ1v) is 5.93. The zero-order chi connectivity index (χ0) is 11.8. The van der Waals surface area contributed by atoms with Crippen molar-refractivity contribution in [3.05, 3.63) is 51.7 Å². The topological polar surface area (TPSA) is 26.3 Å². The number of methoxy groups -OCH3 is 1. The van der Waals surface area contributed by atoms with E-state index in [-0.39, 0.29) is 5.43 Å². The molecular formula is C15H14O2. The van der Waals surface area contributed by atoms with Crippen molar-refractivity contribution in [1.29, 1.82) is 0 Å². The molecule has 0 amide bonds. The Morgan fingerprint density at radius 1 is 1.06 bits per heavy atom. The molecule has 2 heteroatoms. The van der Waals surface area contributed by atoms with Gasteiger partial charge in [0.05, 0.1) is 7.11 Å². The molecule has 0 aromatic heterocycles. The SMILES string of the molecule is COc1cccc2ccc(=O)c3c-2c1CCC3. The molecule has 3 aliphatic carbocycles. The van der Waals surface area contributed by atoms with Crippen LogP contribution >= 0.6 is 0 Å². The lowest BCUT2D eigenvalue weighted by Gasteiger charge is -2.19. The first kappa shape index (κ1) is 10.3. The van der Waals surface area contributed by atoms with Crippen molar-refractivity contribution in [2.75, 3.05) is 7.11 Å². The van der Waals surface area contributed by atoms with Gasteiger partial charge in [-0.15, -0.1) is 0 Å². The third kappa shape index (κ3) is 1.52. The highest BCUT2D eigenvalue weighted by Crippen LogP contribution is 2.36. The van der Waals surface area contributed by atoms with Gasteiger partial charge in [-0.1, -0.05) is 18.2 Å². The molecule has 0 fully saturated rings. The number of benzene rings is 1. The standard InChI is InChI=1S/C15H14O2/c1-17-14-7-2-4-10-8-9-13(16)11-5-3-6-12(14)15(10)11/h2,4,7-9H,3,5-6H2,1H3. The van der Waals surface area contributed by atoms with Crippen molar-refractivity contribution >= 4 is 0 Å². The van der Waals surface area contributed by atoms with E-state index in [9.17, 15) is 4.79 Å². The Morgan fingerprint density at radius 3 is 2.71 bits per heavy atom. The molecule has 0 atom stereocenters. The van der Waals surface area contributed by atoms with Crippen molar-refractivity contribution in [2.24, 2.45) is 0 Å². The van der Waals surface area contributed by atoms with E-state index in [1.54, 1.807) is 13.2 Å². The lowest BCUT2D eigenvalue weighted by molar-refractivity contribution is 0.409. The second kappa shape index (κ2) is 3.88. The maximum atomic E-state index is 11.9. The van der Waals surface area contributed by atoms with Gasteiger partial charge in [-0.05, 0) is 42.5 Å². The summed E-state index contributed by atoms with van der Waals surface area (Å²) in [5, 5.41) is 0. The van der Waals surface area contributed by atoms with Crippen LogP contribution in [0.15, 0.2) is 35.1 Å². The van der Waals surface area contributed by atoms with E-state index in [1.165, 1.54) is 5.56 Å². The molecule has 0 bridgehead atoms. The molecule has 3 aliphatic rings. The van der Waals surface area contributed by atoms with Crippen molar-refractivity contribution in [2.45, 2.75) is 19.3 Å². The molecule has 0 N–H and O–H groups in total. The Balaban J connectivity index is 2.47. The molecular weight excluding hydrogens is 212 g/mol. The van der Waals surface area contributed by atoms with E-state index in [0.29, 0.717) is 0 Å². The van der Waals surface area contributed by atoms with E-state index in [0.717, 1.165) is 41.7 Å². The molecule has 17 heavy (non-hydrogen) atoms. The molecule has 2 nitrogen and oxygen atoms in total. The van der Waals surface area contributed by atoms with Crippen LogP contribution in [0.5, 0.6) is 5.75 Å². The number of hydrogen-bond acceptors (Lipinski definition) is 2. The smallest absolute Gasteiger partial charge is 0.182 e. The molecule has 0 aromatic carbocycles. The highest BCUT2D eigenvalue weighted by molar-refractivity contribution is 5.75. The van der Waals surface area contributed by atoms with Crippen LogP contribution in [0.25, 0.3) is 11.1 Å². The first-order chi connectivity index (χ1) is 8.31. The molecule has 0 saturated carbocycles. The van der Waals surface area contributed by atoms with E-state index in [1.807, 2.05) is 18.2 Å². The zero-order valence-electron chi connectivity index (χ0n) is 9.82. The summed E-state index contributed by atoms with van der Waals surface area (Å²) < 4.78 is 5.43. The van der Waals surface area contributed by atoms with Gasteiger partial charge in [0.2, 0.25) is 0 Å². The van der Waals surface area contributed by atoms with Crippen LogP contribution in [0.1, 0.15) is 17.5 Å². The monoisotopic (exact) mass is 226 g/mol. The van der Waals surface area contributed by atoms with Gasteiger partial charge in [-0.2, -0.15) is 0 Å². The molecule has 0 saturated heterocycles. The maximum absolute atomic E-state index is 11.9. The molecule has 0 heterocycles. The minimum atomic E-state index is 0.159. The quantitative estimate of drug-likeness (QED) is 0.747. The average molecular weight is 226 g/mol. The van der Waals surface area contributed by atoms with Gasteiger partial charge in [-0.25, -0.2) is 0 Å². The highest BCUT2D eigenvalue weighted by Gasteiger charge is 2.21. The van der Waals surface area contributed by atoms with Crippen LogP contribution in [-0.4, -0.2) is 7.11 Å². The maximum Gasteiger partial charge on any atom is 0.182 e. The van der Waals surface area contributed by atoms with Gasteiger partial charge in [0.25, 0.3) is 0 Å². The number of hydrogen-bond donors (Lipinski definition) is 0. The molecule has 0 aliphatic heterocycles. The Morgan fingerprint density at radius 2 is 1.88 bits per heavy atom. The Hall–Kier alpha value is -1.83. The summed E-state index contributed by atoms with van der Waals surface area (Å²) in [7, 11) is 1.69. The fourth-order valence-corrected chi connectivity index (χ4v) is 2.73. The third-order valence-corrected chi connectivity index (χ3v) is 3.50. The zero-order valence-corrected chi connectivity index (χ0v) is 9.82. The number of rotatable bonds is 1. The predicted molar refractivity (Wildman–Crippen MR) is 67.9 cm³/mol. The molecule has 3 rings (SSSR count). The van der Waals surface area contributed by atoms with Crippen LogP contribution in [-0.2, 0) is 12.8 Å². The van der Waals surface area contributed by atoms with Crippen molar-refractivity contribution in [1.82, 2.24) is 0 Å². The van der Waals surface area contributed by atoms with Crippen LogP contribution in [0.3, 0.4) is 0 Å². The second-order valence-corrected chi connectivity index (χ2v) is 4.43. The van der Waals surface area contributed by atoms with Gasteiger partial charge in [0.15, 0.2) is 5.43 Å². The largest absolute Gasteiger partial charge is 0.496 e. The molecule has 0 radical (unpaired) electrons. The Bertz CT molecular complexity index is 602. The highest BCUT2D eigenvalue weighted by atomic mass is 16.5. The van der Waals surface area contributed by atoms with Gasteiger partial charge in [-0.3, -0.25) is 4.79 Å². The summed E-state index contributed by atoms with van der Waals surface area (Å²) >= 11 is 0. The Labute approximate surface area is 100 Å². The van der Waals surface area contributed by atoms with Crippen molar-refractivity contribution < 1.29 is 4.74 Å². The Kier molecular flexibility index (Phi) is 2.36. The number of ether oxygens (including phenoxy) is 1. The van der Waals surface area contributed by atoms with Gasteiger partial charge >= 0.3 is 0 Å². The van der Waals surface area contributed by atoms with Crippen LogP contribution in [0.4, 0.5) is 0 Å². The van der Waals surface area contributed by atoms with E-state index in [2.05, 4.69) is 6.07 Å². The molecule has 0 aromatic rings.